The minimum Gasteiger partial charge on any atom is -0.462 e. The minimum absolute atomic E-state index is 0.102. The third kappa shape index (κ3) is 56.6. The van der Waals surface area contributed by atoms with Crippen molar-refractivity contribution in [2.45, 2.75) is 336 Å². The van der Waals surface area contributed by atoms with E-state index in [1.165, 1.54) is 109 Å². The summed E-state index contributed by atoms with van der Waals surface area (Å²) in [5, 5.41) is 10.5. The average molecular weight is 1240 g/mol. The van der Waals surface area contributed by atoms with E-state index in [1.54, 1.807) is 0 Å². The number of phosphoric ester groups is 2. The van der Waals surface area contributed by atoms with E-state index in [9.17, 15) is 43.2 Å². The van der Waals surface area contributed by atoms with Crippen molar-refractivity contribution in [1.29, 1.82) is 0 Å². The van der Waals surface area contributed by atoms with Crippen LogP contribution in [-0.4, -0.2) is 96.7 Å². The third-order valence-electron chi connectivity index (χ3n) is 15.6. The zero-order chi connectivity index (χ0) is 62.4. The van der Waals surface area contributed by atoms with Crippen molar-refractivity contribution in [3.63, 3.8) is 0 Å². The molecule has 19 heteroatoms. The topological polar surface area (TPSA) is 237 Å². The lowest BCUT2D eigenvalue weighted by Gasteiger charge is -2.21. The molecule has 7 atom stereocenters. The number of aliphatic hydroxyl groups excluding tert-OH is 1. The van der Waals surface area contributed by atoms with Gasteiger partial charge in [-0.1, -0.05) is 267 Å². The van der Waals surface area contributed by atoms with Gasteiger partial charge in [-0.25, -0.2) is 9.13 Å². The van der Waals surface area contributed by atoms with E-state index < -0.39 is 97.5 Å². The maximum absolute atomic E-state index is 13.0. The number of hydrogen-bond acceptors (Lipinski definition) is 15. The number of phosphoric acid groups is 2. The molecule has 17 nitrogen and oxygen atoms in total. The highest BCUT2D eigenvalue weighted by molar-refractivity contribution is 7.47. The van der Waals surface area contributed by atoms with Crippen LogP contribution in [0.2, 0.25) is 0 Å². The summed E-state index contributed by atoms with van der Waals surface area (Å²) in [5.74, 6) is 0.105. The summed E-state index contributed by atoms with van der Waals surface area (Å²) in [6, 6.07) is 0. The number of unbranched alkanes of at least 4 members (excludes halogenated alkanes) is 29. The smallest absolute Gasteiger partial charge is 0.462 e. The first-order valence-corrected chi connectivity index (χ1v) is 36.9. The first kappa shape index (κ1) is 82.1. The monoisotopic (exact) mass is 1240 g/mol. The number of ether oxygens (including phenoxy) is 4. The molecular formula is C65H126O17P2. The minimum atomic E-state index is -4.95. The highest BCUT2D eigenvalue weighted by Crippen LogP contribution is 2.45. The van der Waals surface area contributed by atoms with Crippen LogP contribution >= 0.6 is 15.6 Å². The fraction of sp³-hybridized carbons (Fsp3) is 0.938. The molecule has 0 saturated carbocycles. The molecule has 0 aliphatic heterocycles. The van der Waals surface area contributed by atoms with Gasteiger partial charge >= 0.3 is 39.5 Å². The van der Waals surface area contributed by atoms with Crippen LogP contribution in [-0.2, 0) is 65.4 Å². The Kier molecular flexibility index (Phi) is 55.0. The Hall–Kier alpha value is -1.94. The quantitative estimate of drug-likeness (QED) is 0.0222. The Morgan fingerprint density at radius 2 is 0.607 bits per heavy atom. The van der Waals surface area contributed by atoms with Crippen molar-refractivity contribution < 1.29 is 80.2 Å². The van der Waals surface area contributed by atoms with E-state index in [0.29, 0.717) is 25.7 Å². The normalized spacial score (nSPS) is 15.0. The lowest BCUT2D eigenvalue weighted by Crippen LogP contribution is -2.30. The molecule has 0 rings (SSSR count). The second kappa shape index (κ2) is 56.3. The predicted molar refractivity (Wildman–Crippen MR) is 335 cm³/mol. The Balaban J connectivity index is 5.20. The average Bonchev–Trinajstić information content (AvgIpc) is 3.48. The maximum atomic E-state index is 13.0. The second-order valence-electron chi connectivity index (χ2n) is 24.5. The van der Waals surface area contributed by atoms with Gasteiger partial charge in [0, 0.05) is 25.7 Å². The van der Waals surface area contributed by atoms with E-state index in [2.05, 4.69) is 48.5 Å². The molecule has 0 saturated heterocycles. The summed E-state index contributed by atoms with van der Waals surface area (Å²) in [7, 11) is -9.89. The van der Waals surface area contributed by atoms with Gasteiger partial charge in [0.25, 0.3) is 0 Å². The summed E-state index contributed by atoms with van der Waals surface area (Å²) in [6.07, 6.45) is 37.8. The van der Waals surface area contributed by atoms with Crippen LogP contribution in [0.15, 0.2) is 0 Å². The molecule has 0 aliphatic rings. The number of hydrogen-bond donors (Lipinski definition) is 3. The highest BCUT2D eigenvalue weighted by Gasteiger charge is 2.30. The van der Waals surface area contributed by atoms with E-state index in [1.807, 2.05) is 0 Å². The van der Waals surface area contributed by atoms with Gasteiger partial charge in [0.1, 0.15) is 19.3 Å². The lowest BCUT2D eigenvalue weighted by atomic mass is 10.00. The van der Waals surface area contributed by atoms with Crippen LogP contribution in [0, 0.1) is 17.8 Å². The maximum Gasteiger partial charge on any atom is 0.472 e. The summed E-state index contributed by atoms with van der Waals surface area (Å²) in [5.41, 5.74) is 0. The number of carbonyl (C=O) groups is 4. The van der Waals surface area contributed by atoms with E-state index in [-0.39, 0.29) is 25.7 Å². The summed E-state index contributed by atoms with van der Waals surface area (Å²) in [6.45, 7) is 11.7. The third-order valence-corrected chi connectivity index (χ3v) is 17.5. The molecule has 0 radical (unpaired) electrons. The number of aliphatic hydroxyl groups is 1. The first-order valence-electron chi connectivity index (χ1n) is 33.9. The van der Waals surface area contributed by atoms with Crippen LogP contribution in [0.3, 0.4) is 0 Å². The molecule has 0 aromatic carbocycles. The van der Waals surface area contributed by atoms with Crippen molar-refractivity contribution in [3.8, 4) is 0 Å². The summed E-state index contributed by atoms with van der Waals surface area (Å²) >= 11 is 0. The molecule has 498 valence electrons. The molecule has 4 unspecified atom stereocenters. The largest absolute Gasteiger partial charge is 0.472 e. The van der Waals surface area contributed by atoms with Gasteiger partial charge < -0.3 is 33.8 Å². The lowest BCUT2D eigenvalue weighted by molar-refractivity contribution is -0.161. The van der Waals surface area contributed by atoms with Gasteiger partial charge in [0.05, 0.1) is 26.4 Å². The Morgan fingerprint density at radius 1 is 0.345 bits per heavy atom. The molecule has 0 spiro atoms. The van der Waals surface area contributed by atoms with Crippen LogP contribution in [0.4, 0.5) is 0 Å². The summed E-state index contributed by atoms with van der Waals surface area (Å²) in [4.78, 5) is 72.1. The van der Waals surface area contributed by atoms with Gasteiger partial charge in [-0.15, -0.1) is 0 Å². The number of carbonyl (C=O) groups excluding carboxylic acids is 4. The molecule has 0 aliphatic carbocycles. The Bertz CT molecular complexity index is 1670. The van der Waals surface area contributed by atoms with E-state index in [4.69, 9.17) is 37.0 Å². The molecule has 0 fully saturated rings. The fourth-order valence-corrected chi connectivity index (χ4v) is 11.2. The predicted octanol–water partition coefficient (Wildman–Crippen LogP) is 17.9. The fourth-order valence-electron chi connectivity index (χ4n) is 9.59. The van der Waals surface area contributed by atoms with Crippen molar-refractivity contribution in [3.05, 3.63) is 0 Å². The molecule has 3 N–H and O–H groups in total. The molecule has 0 heterocycles. The number of esters is 4. The van der Waals surface area contributed by atoms with Gasteiger partial charge in [-0.2, -0.15) is 0 Å². The Labute approximate surface area is 511 Å². The number of rotatable bonds is 63. The SMILES string of the molecule is CCCCCCCCCC(=O)OC[C@H](COP(=O)(O)OC[C@H](O)COP(=O)(O)OC[C@@H](COC(=O)CCCCCCCCC(C)CC)OC(=O)CCCCCCCCCCCCCCCCC(C)C)OC(=O)CCCCCCCCC(C)CC. The highest BCUT2D eigenvalue weighted by atomic mass is 31.2. The van der Waals surface area contributed by atoms with Crippen LogP contribution in [0.1, 0.15) is 318 Å². The van der Waals surface area contributed by atoms with Crippen LogP contribution in [0.25, 0.3) is 0 Å². The second-order valence-corrected chi connectivity index (χ2v) is 27.4. The van der Waals surface area contributed by atoms with E-state index >= 15 is 0 Å². The summed E-state index contributed by atoms with van der Waals surface area (Å²) < 4.78 is 67.9. The van der Waals surface area contributed by atoms with Crippen molar-refractivity contribution in [1.82, 2.24) is 0 Å². The first-order chi connectivity index (χ1) is 40.3. The van der Waals surface area contributed by atoms with Crippen molar-refractivity contribution in [2.24, 2.45) is 17.8 Å². The van der Waals surface area contributed by atoms with Crippen molar-refractivity contribution >= 4 is 39.5 Å². The molecule has 0 bridgehead atoms. The van der Waals surface area contributed by atoms with Crippen LogP contribution < -0.4 is 0 Å². The van der Waals surface area contributed by atoms with E-state index in [0.717, 1.165) is 127 Å². The van der Waals surface area contributed by atoms with Crippen LogP contribution in [0.5, 0.6) is 0 Å². The molecule has 84 heavy (non-hydrogen) atoms. The standard InChI is InChI=1S/C65H126O17P2/c1-8-11-12-13-22-32-39-46-62(67)75-52-61(82-65(70)49-42-35-28-26-31-38-45-58(7)10-3)55-80-84(73,74)78-51-59(66)50-77-83(71,72)79-54-60(53-76-63(68)47-40-33-27-25-30-37-44-57(6)9-2)81-64(69)48-41-34-24-21-19-17-15-14-16-18-20-23-29-36-43-56(4)5/h56-61,66H,8-55H2,1-7H3,(H,71,72)(H,73,74)/t57?,58?,59-,60-,61-/m1/s1. The molecular weight excluding hydrogens is 1110 g/mol. The van der Waals surface area contributed by atoms with Gasteiger partial charge in [-0.05, 0) is 43.4 Å². The molecule has 0 aromatic heterocycles. The van der Waals surface area contributed by atoms with Gasteiger partial charge in [0.2, 0.25) is 0 Å². The van der Waals surface area contributed by atoms with Gasteiger partial charge in [-0.3, -0.25) is 37.3 Å². The van der Waals surface area contributed by atoms with Gasteiger partial charge in [0.15, 0.2) is 12.2 Å². The van der Waals surface area contributed by atoms with Crippen molar-refractivity contribution in [2.75, 3.05) is 39.6 Å². The molecule has 0 aromatic rings. The Morgan fingerprint density at radius 3 is 0.905 bits per heavy atom. The molecule has 0 amide bonds. The zero-order valence-electron chi connectivity index (χ0n) is 54.4. The zero-order valence-corrected chi connectivity index (χ0v) is 56.1.